The topological polar surface area (TPSA) is 55.6 Å². The standard InChI is InChI=1S/C15H27N5S/c1-2-6-13(7-3-1)12-16-10-11-21-15-17-18-19-20(15)14-8-4-5-9-14/h13-14,16H,1-12H2. The van der Waals surface area contributed by atoms with Gasteiger partial charge in [-0.1, -0.05) is 43.9 Å². The summed E-state index contributed by atoms with van der Waals surface area (Å²) in [6.07, 6.45) is 12.2. The Balaban J connectivity index is 1.34. The van der Waals surface area contributed by atoms with Crippen LogP contribution in [0.3, 0.4) is 0 Å². The molecular weight excluding hydrogens is 282 g/mol. The van der Waals surface area contributed by atoms with Gasteiger partial charge in [-0.2, -0.15) is 0 Å². The van der Waals surface area contributed by atoms with Gasteiger partial charge in [0.2, 0.25) is 5.16 Å². The third-order valence-electron chi connectivity index (χ3n) is 4.80. The summed E-state index contributed by atoms with van der Waals surface area (Å²) in [5, 5.41) is 16.8. The van der Waals surface area contributed by atoms with Crippen LogP contribution in [-0.2, 0) is 0 Å². The van der Waals surface area contributed by atoms with Crippen LogP contribution in [0.4, 0.5) is 0 Å². The normalized spacial score (nSPS) is 21.1. The molecule has 6 heteroatoms. The van der Waals surface area contributed by atoms with Crippen LogP contribution in [0.1, 0.15) is 63.8 Å². The van der Waals surface area contributed by atoms with E-state index in [-0.39, 0.29) is 0 Å². The van der Waals surface area contributed by atoms with Gasteiger partial charge in [0.1, 0.15) is 0 Å². The molecule has 1 heterocycles. The molecule has 1 aromatic rings. The highest BCUT2D eigenvalue weighted by Gasteiger charge is 2.21. The molecule has 0 radical (unpaired) electrons. The van der Waals surface area contributed by atoms with Gasteiger partial charge in [-0.3, -0.25) is 0 Å². The van der Waals surface area contributed by atoms with E-state index in [2.05, 4.69) is 25.5 Å². The van der Waals surface area contributed by atoms with Crippen LogP contribution >= 0.6 is 11.8 Å². The maximum atomic E-state index is 4.19. The molecule has 3 rings (SSSR count). The van der Waals surface area contributed by atoms with E-state index in [4.69, 9.17) is 0 Å². The Bertz CT molecular complexity index is 410. The van der Waals surface area contributed by atoms with Crippen molar-refractivity contribution in [1.29, 1.82) is 0 Å². The van der Waals surface area contributed by atoms with Gasteiger partial charge in [0.15, 0.2) is 0 Å². The minimum Gasteiger partial charge on any atom is -0.316 e. The molecule has 118 valence electrons. The van der Waals surface area contributed by atoms with E-state index >= 15 is 0 Å². The average molecular weight is 309 g/mol. The fourth-order valence-corrected chi connectivity index (χ4v) is 4.41. The summed E-state index contributed by atoms with van der Waals surface area (Å²) in [6.45, 7) is 2.24. The Morgan fingerprint density at radius 3 is 2.62 bits per heavy atom. The van der Waals surface area contributed by atoms with Crippen molar-refractivity contribution in [3.05, 3.63) is 0 Å². The minimum absolute atomic E-state index is 0.540. The van der Waals surface area contributed by atoms with Crippen LogP contribution in [0.5, 0.6) is 0 Å². The maximum absolute atomic E-state index is 4.19. The Hall–Kier alpha value is -0.620. The zero-order valence-electron chi connectivity index (χ0n) is 12.8. The van der Waals surface area contributed by atoms with Crippen LogP contribution in [-0.4, -0.2) is 39.0 Å². The molecule has 5 nitrogen and oxygen atoms in total. The smallest absolute Gasteiger partial charge is 0.209 e. The van der Waals surface area contributed by atoms with Crippen molar-refractivity contribution in [2.24, 2.45) is 5.92 Å². The van der Waals surface area contributed by atoms with Crippen molar-refractivity contribution in [2.45, 2.75) is 69.0 Å². The van der Waals surface area contributed by atoms with Crippen molar-refractivity contribution in [2.75, 3.05) is 18.8 Å². The maximum Gasteiger partial charge on any atom is 0.209 e. The van der Waals surface area contributed by atoms with E-state index in [1.165, 1.54) is 64.3 Å². The third kappa shape index (κ3) is 4.42. The number of rotatable bonds is 7. The molecule has 2 aliphatic rings. The lowest BCUT2D eigenvalue weighted by molar-refractivity contribution is 0.345. The predicted octanol–water partition coefficient (Wildman–Crippen LogP) is 3.05. The molecule has 2 saturated carbocycles. The molecule has 1 N–H and O–H groups in total. The van der Waals surface area contributed by atoms with Gasteiger partial charge in [0.05, 0.1) is 6.04 Å². The zero-order valence-corrected chi connectivity index (χ0v) is 13.7. The highest BCUT2D eigenvalue weighted by Crippen LogP contribution is 2.31. The number of hydrogen-bond donors (Lipinski definition) is 1. The third-order valence-corrected chi connectivity index (χ3v) is 5.74. The number of hydrogen-bond acceptors (Lipinski definition) is 5. The fourth-order valence-electron chi connectivity index (χ4n) is 3.57. The van der Waals surface area contributed by atoms with Crippen LogP contribution in [0.25, 0.3) is 0 Å². The quantitative estimate of drug-likeness (QED) is 0.620. The number of nitrogens with zero attached hydrogens (tertiary/aromatic N) is 4. The highest BCUT2D eigenvalue weighted by atomic mass is 32.2. The first-order valence-electron chi connectivity index (χ1n) is 8.55. The molecule has 0 aromatic carbocycles. The summed E-state index contributed by atoms with van der Waals surface area (Å²) in [7, 11) is 0. The van der Waals surface area contributed by atoms with Crippen LogP contribution in [0, 0.1) is 5.92 Å². The van der Waals surface area contributed by atoms with Crippen molar-refractivity contribution in [3.8, 4) is 0 Å². The van der Waals surface area contributed by atoms with Gasteiger partial charge in [-0.15, -0.1) is 5.10 Å². The Morgan fingerprint density at radius 2 is 1.81 bits per heavy atom. The number of nitrogens with one attached hydrogen (secondary N) is 1. The summed E-state index contributed by atoms with van der Waals surface area (Å²) in [4.78, 5) is 0. The Labute approximate surface area is 131 Å². The van der Waals surface area contributed by atoms with E-state index < -0.39 is 0 Å². The monoisotopic (exact) mass is 309 g/mol. The molecule has 0 unspecified atom stereocenters. The van der Waals surface area contributed by atoms with Crippen molar-refractivity contribution >= 4 is 11.8 Å². The van der Waals surface area contributed by atoms with Crippen molar-refractivity contribution in [1.82, 2.24) is 25.5 Å². The first kappa shape index (κ1) is 15.3. The van der Waals surface area contributed by atoms with Crippen molar-refractivity contribution < 1.29 is 0 Å². The molecular formula is C15H27N5S. The summed E-state index contributed by atoms with van der Waals surface area (Å²) < 4.78 is 2.05. The summed E-state index contributed by atoms with van der Waals surface area (Å²) >= 11 is 1.79. The van der Waals surface area contributed by atoms with Crippen LogP contribution in [0.2, 0.25) is 0 Å². The van der Waals surface area contributed by atoms with Crippen LogP contribution in [0.15, 0.2) is 5.16 Å². The van der Waals surface area contributed by atoms with E-state index in [1.807, 2.05) is 0 Å². The molecule has 0 spiro atoms. The molecule has 0 amide bonds. The van der Waals surface area contributed by atoms with Gasteiger partial charge in [-0.05, 0) is 48.6 Å². The fraction of sp³-hybridized carbons (Fsp3) is 0.933. The SMILES string of the molecule is C1CCC(CNCCSc2nnnn2C2CCCC2)CC1. The van der Waals surface area contributed by atoms with Gasteiger partial charge in [0, 0.05) is 12.3 Å². The molecule has 2 aliphatic carbocycles. The van der Waals surface area contributed by atoms with Gasteiger partial charge in [0.25, 0.3) is 0 Å². The lowest BCUT2D eigenvalue weighted by atomic mass is 9.89. The second-order valence-electron chi connectivity index (χ2n) is 6.40. The molecule has 1 aromatic heterocycles. The first-order chi connectivity index (χ1) is 10.4. The molecule has 0 bridgehead atoms. The van der Waals surface area contributed by atoms with Crippen molar-refractivity contribution in [3.63, 3.8) is 0 Å². The van der Waals surface area contributed by atoms with E-state index in [0.29, 0.717) is 6.04 Å². The van der Waals surface area contributed by atoms with E-state index in [9.17, 15) is 0 Å². The number of thioether (sulfide) groups is 1. The Morgan fingerprint density at radius 1 is 1.05 bits per heavy atom. The van der Waals surface area contributed by atoms with Gasteiger partial charge < -0.3 is 5.32 Å². The second kappa shape index (κ2) is 8.13. The molecule has 0 atom stereocenters. The molecule has 0 saturated heterocycles. The summed E-state index contributed by atoms with van der Waals surface area (Å²) in [6, 6.07) is 0.540. The average Bonchev–Trinajstić information content (AvgIpc) is 3.19. The van der Waals surface area contributed by atoms with E-state index in [1.54, 1.807) is 11.8 Å². The number of tetrazole rings is 1. The Kier molecular flexibility index (Phi) is 5.92. The largest absolute Gasteiger partial charge is 0.316 e. The lowest BCUT2D eigenvalue weighted by Crippen LogP contribution is -2.26. The first-order valence-corrected chi connectivity index (χ1v) is 9.53. The molecule has 0 aliphatic heterocycles. The second-order valence-corrected chi connectivity index (χ2v) is 7.46. The number of aromatic nitrogens is 4. The zero-order chi connectivity index (χ0) is 14.3. The predicted molar refractivity (Wildman–Crippen MR) is 85.5 cm³/mol. The van der Waals surface area contributed by atoms with Gasteiger partial charge >= 0.3 is 0 Å². The lowest BCUT2D eigenvalue weighted by Gasteiger charge is -2.21. The van der Waals surface area contributed by atoms with Gasteiger partial charge in [-0.25, -0.2) is 4.68 Å². The van der Waals surface area contributed by atoms with E-state index in [0.717, 1.165) is 23.4 Å². The minimum atomic E-state index is 0.540. The summed E-state index contributed by atoms with van der Waals surface area (Å²) in [5.74, 6) is 1.97. The van der Waals surface area contributed by atoms with Crippen LogP contribution < -0.4 is 5.32 Å². The highest BCUT2D eigenvalue weighted by molar-refractivity contribution is 7.99. The molecule has 21 heavy (non-hydrogen) atoms. The summed E-state index contributed by atoms with van der Waals surface area (Å²) in [5.41, 5.74) is 0. The molecule has 2 fully saturated rings.